The molecule has 1 heterocycles. The van der Waals surface area contributed by atoms with Crippen molar-refractivity contribution in [2.24, 2.45) is 5.73 Å². The number of benzene rings is 1. The smallest absolute Gasteiger partial charge is 0.242 e. The fourth-order valence-corrected chi connectivity index (χ4v) is 2.70. The highest BCUT2D eigenvalue weighted by Crippen LogP contribution is 2.16. The van der Waals surface area contributed by atoms with Gasteiger partial charge in [-0.1, -0.05) is 17.0 Å². The molecular weight excluding hydrogens is 297 g/mol. The molecule has 6 nitrogen and oxygen atoms in total. The molecule has 0 fully saturated rings. The minimum absolute atomic E-state index is 0.0417. The van der Waals surface area contributed by atoms with E-state index in [2.05, 4.69) is 26.2 Å². The molecule has 8 heteroatoms. The van der Waals surface area contributed by atoms with Crippen LogP contribution in [0.2, 0.25) is 0 Å². The molecule has 0 saturated carbocycles. The summed E-state index contributed by atoms with van der Waals surface area (Å²) in [7, 11) is -3.86. The number of nitrogens with two attached hydrogens (primary N) is 1. The summed E-state index contributed by atoms with van der Waals surface area (Å²) in [5, 5.41) is 3.59. The third kappa shape index (κ3) is 3.88. The molecular formula is C13H12FN3O3S. The molecule has 1 aromatic heterocycles. The largest absolute Gasteiger partial charge is 0.364 e. The fourth-order valence-electron chi connectivity index (χ4n) is 1.56. The fraction of sp³-hybridized carbons (Fsp3) is 0.154. The average molecular weight is 309 g/mol. The number of aromatic nitrogens is 1. The quantitative estimate of drug-likeness (QED) is 0.806. The van der Waals surface area contributed by atoms with E-state index in [4.69, 9.17) is 5.73 Å². The van der Waals surface area contributed by atoms with Crippen LogP contribution in [0.15, 0.2) is 39.9 Å². The van der Waals surface area contributed by atoms with E-state index in [9.17, 15) is 12.8 Å². The van der Waals surface area contributed by atoms with Crippen molar-refractivity contribution < 1.29 is 17.3 Å². The normalized spacial score (nSPS) is 11.0. The number of rotatable bonds is 4. The van der Waals surface area contributed by atoms with E-state index >= 15 is 0 Å². The van der Waals surface area contributed by atoms with Gasteiger partial charge in [0.1, 0.15) is 12.1 Å². The Balaban J connectivity index is 2.30. The Kier molecular flexibility index (Phi) is 4.70. The monoisotopic (exact) mass is 309 g/mol. The van der Waals surface area contributed by atoms with E-state index < -0.39 is 15.8 Å². The SMILES string of the molecule is NCC#Cc1cc(F)ccc1S(=O)(=O)NCc1ccon1. The van der Waals surface area contributed by atoms with Crippen molar-refractivity contribution in [3.63, 3.8) is 0 Å². The van der Waals surface area contributed by atoms with Crippen LogP contribution in [0.5, 0.6) is 0 Å². The van der Waals surface area contributed by atoms with Gasteiger partial charge < -0.3 is 10.3 Å². The van der Waals surface area contributed by atoms with Crippen molar-refractivity contribution >= 4 is 10.0 Å². The summed E-state index contributed by atoms with van der Waals surface area (Å²) in [4.78, 5) is -0.117. The second-order valence-electron chi connectivity index (χ2n) is 3.96. The van der Waals surface area contributed by atoms with Gasteiger partial charge in [-0.2, -0.15) is 0 Å². The van der Waals surface area contributed by atoms with E-state index in [1.54, 1.807) is 0 Å². The molecule has 21 heavy (non-hydrogen) atoms. The molecule has 0 aliphatic rings. The van der Waals surface area contributed by atoms with Gasteiger partial charge in [-0.3, -0.25) is 0 Å². The van der Waals surface area contributed by atoms with E-state index in [1.807, 2.05) is 0 Å². The van der Waals surface area contributed by atoms with Crippen LogP contribution in [0.3, 0.4) is 0 Å². The van der Waals surface area contributed by atoms with Gasteiger partial charge in [-0.15, -0.1) is 0 Å². The van der Waals surface area contributed by atoms with Crippen LogP contribution < -0.4 is 10.5 Å². The molecule has 1 aromatic carbocycles. The molecule has 2 aromatic rings. The van der Waals surface area contributed by atoms with E-state index in [-0.39, 0.29) is 23.5 Å². The van der Waals surface area contributed by atoms with Crippen molar-refractivity contribution in [2.75, 3.05) is 6.54 Å². The third-order valence-electron chi connectivity index (χ3n) is 2.49. The van der Waals surface area contributed by atoms with Crippen LogP contribution >= 0.6 is 0 Å². The Bertz CT molecular complexity index is 777. The number of nitrogens with zero attached hydrogens (tertiary/aromatic N) is 1. The van der Waals surface area contributed by atoms with Gasteiger partial charge in [0.15, 0.2) is 0 Å². The van der Waals surface area contributed by atoms with Crippen LogP contribution in [-0.2, 0) is 16.6 Å². The van der Waals surface area contributed by atoms with Gasteiger partial charge in [0.2, 0.25) is 10.0 Å². The van der Waals surface area contributed by atoms with E-state index in [0.29, 0.717) is 5.69 Å². The van der Waals surface area contributed by atoms with Gasteiger partial charge in [0, 0.05) is 11.6 Å². The standard InChI is InChI=1S/C13H12FN3O3S/c14-11-3-4-13(10(8-11)2-1-6-15)21(18,19)16-9-12-5-7-20-17-12/h3-5,7-8,16H,6,9,15H2. The number of hydrogen-bond donors (Lipinski definition) is 2. The Hall–Kier alpha value is -2.21. The lowest BCUT2D eigenvalue weighted by molar-refractivity contribution is 0.411. The summed E-state index contributed by atoms with van der Waals surface area (Å²) in [5.74, 6) is 4.47. The Morgan fingerprint density at radius 1 is 1.38 bits per heavy atom. The zero-order valence-corrected chi connectivity index (χ0v) is 11.7. The van der Waals surface area contributed by atoms with Crippen molar-refractivity contribution in [1.29, 1.82) is 0 Å². The van der Waals surface area contributed by atoms with Gasteiger partial charge in [-0.25, -0.2) is 17.5 Å². The van der Waals surface area contributed by atoms with E-state index in [1.165, 1.54) is 12.3 Å². The first-order valence-electron chi connectivity index (χ1n) is 5.90. The highest BCUT2D eigenvalue weighted by Gasteiger charge is 2.18. The number of hydrogen-bond acceptors (Lipinski definition) is 5. The molecule has 0 aliphatic carbocycles. The van der Waals surface area contributed by atoms with Gasteiger partial charge in [-0.05, 0) is 18.2 Å². The molecule has 0 radical (unpaired) electrons. The summed E-state index contributed by atoms with van der Waals surface area (Å²) in [6.45, 7) is 0.00232. The van der Waals surface area contributed by atoms with Gasteiger partial charge in [0.05, 0.1) is 23.7 Å². The molecule has 0 spiro atoms. The van der Waals surface area contributed by atoms with E-state index in [0.717, 1.165) is 18.2 Å². The molecule has 2 rings (SSSR count). The first kappa shape index (κ1) is 15.2. The topological polar surface area (TPSA) is 98.2 Å². The zero-order valence-electron chi connectivity index (χ0n) is 10.8. The number of nitrogens with one attached hydrogen (secondary N) is 1. The second kappa shape index (κ2) is 6.49. The van der Waals surface area contributed by atoms with Gasteiger partial charge in [0.25, 0.3) is 0 Å². The van der Waals surface area contributed by atoms with Gasteiger partial charge >= 0.3 is 0 Å². The van der Waals surface area contributed by atoms with Crippen LogP contribution in [0.25, 0.3) is 0 Å². The maximum atomic E-state index is 13.2. The first-order valence-corrected chi connectivity index (χ1v) is 7.38. The zero-order chi connectivity index (χ0) is 15.3. The van der Waals surface area contributed by atoms with Crippen molar-refractivity contribution in [2.45, 2.75) is 11.4 Å². The summed E-state index contributed by atoms with van der Waals surface area (Å²) >= 11 is 0. The first-order chi connectivity index (χ1) is 10.0. The Morgan fingerprint density at radius 2 is 2.19 bits per heavy atom. The van der Waals surface area contributed by atoms with Crippen LogP contribution in [0.1, 0.15) is 11.3 Å². The number of sulfonamides is 1. The van der Waals surface area contributed by atoms with Crippen molar-refractivity contribution in [3.8, 4) is 11.8 Å². The maximum absolute atomic E-state index is 13.2. The molecule has 0 saturated heterocycles. The predicted molar refractivity (Wildman–Crippen MR) is 72.9 cm³/mol. The molecule has 3 N–H and O–H groups in total. The highest BCUT2D eigenvalue weighted by molar-refractivity contribution is 7.89. The Morgan fingerprint density at radius 3 is 2.86 bits per heavy atom. The van der Waals surface area contributed by atoms with Crippen LogP contribution in [0.4, 0.5) is 4.39 Å². The maximum Gasteiger partial charge on any atom is 0.242 e. The summed E-state index contributed by atoms with van der Waals surface area (Å²) < 4.78 is 44.6. The third-order valence-corrected chi connectivity index (χ3v) is 3.95. The molecule has 0 bridgehead atoms. The summed E-state index contributed by atoms with van der Waals surface area (Å²) in [6.07, 6.45) is 1.33. The van der Waals surface area contributed by atoms with Crippen LogP contribution in [-0.4, -0.2) is 20.1 Å². The Labute approximate surface area is 121 Å². The lowest BCUT2D eigenvalue weighted by Gasteiger charge is -2.07. The van der Waals surface area contributed by atoms with Crippen molar-refractivity contribution in [3.05, 3.63) is 47.6 Å². The van der Waals surface area contributed by atoms with Crippen LogP contribution in [0, 0.1) is 17.7 Å². The summed E-state index contributed by atoms with van der Waals surface area (Å²) in [6, 6.07) is 4.79. The lowest BCUT2D eigenvalue weighted by atomic mass is 10.2. The molecule has 0 atom stereocenters. The highest BCUT2D eigenvalue weighted by atomic mass is 32.2. The lowest BCUT2D eigenvalue weighted by Crippen LogP contribution is -2.24. The number of halogens is 1. The minimum atomic E-state index is -3.86. The molecule has 0 unspecified atom stereocenters. The summed E-state index contributed by atoms with van der Waals surface area (Å²) in [5.41, 5.74) is 5.72. The minimum Gasteiger partial charge on any atom is -0.364 e. The second-order valence-corrected chi connectivity index (χ2v) is 5.70. The predicted octanol–water partition coefficient (Wildman–Crippen LogP) is 0.602. The molecule has 0 aliphatic heterocycles. The average Bonchev–Trinajstić information content (AvgIpc) is 2.96. The van der Waals surface area contributed by atoms with Crippen molar-refractivity contribution in [1.82, 2.24) is 9.88 Å². The molecule has 110 valence electrons. The molecule has 0 amide bonds.